The third-order valence-electron chi connectivity index (χ3n) is 3.30. The molecule has 0 spiro atoms. The second kappa shape index (κ2) is 7.18. The van der Waals surface area contributed by atoms with E-state index in [9.17, 15) is 9.90 Å². The predicted molar refractivity (Wildman–Crippen MR) is 84.9 cm³/mol. The zero-order chi connectivity index (χ0) is 16.1. The SMILES string of the molecule is COc1cccc(O[C@H](Cc2ccc(Cl)cc2C)C(=O)O)c1. The molecule has 2 aromatic carbocycles. The van der Waals surface area contributed by atoms with Gasteiger partial charge in [0.1, 0.15) is 11.5 Å². The normalized spacial score (nSPS) is 11.8. The van der Waals surface area contributed by atoms with Crippen molar-refractivity contribution in [1.82, 2.24) is 0 Å². The minimum atomic E-state index is -1.02. The van der Waals surface area contributed by atoms with Gasteiger partial charge in [-0.25, -0.2) is 4.79 Å². The number of hydrogen-bond donors (Lipinski definition) is 1. The van der Waals surface area contributed by atoms with Crippen LogP contribution in [-0.4, -0.2) is 24.3 Å². The second-order valence-electron chi connectivity index (χ2n) is 4.90. The van der Waals surface area contributed by atoms with E-state index in [1.54, 1.807) is 43.5 Å². The molecule has 0 saturated carbocycles. The minimum absolute atomic E-state index is 0.259. The summed E-state index contributed by atoms with van der Waals surface area (Å²) in [5, 5.41) is 10.0. The lowest BCUT2D eigenvalue weighted by atomic mass is 10.0. The minimum Gasteiger partial charge on any atom is -0.497 e. The highest BCUT2D eigenvalue weighted by Gasteiger charge is 2.21. The van der Waals surface area contributed by atoms with E-state index in [0.717, 1.165) is 11.1 Å². The van der Waals surface area contributed by atoms with Gasteiger partial charge in [-0.1, -0.05) is 23.7 Å². The number of carbonyl (C=O) groups is 1. The Hall–Kier alpha value is -2.20. The van der Waals surface area contributed by atoms with Crippen LogP contribution in [0, 0.1) is 6.92 Å². The molecule has 2 rings (SSSR count). The molecule has 1 N–H and O–H groups in total. The van der Waals surface area contributed by atoms with Crippen molar-refractivity contribution in [2.75, 3.05) is 7.11 Å². The Morgan fingerprint density at radius 1 is 1.23 bits per heavy atom. The largest absolute Gasteiger partial charge is 0.497 e. The molecule has 0 aliphatic carbocycles. The fraction of sp³-hybridized carbons (Fsp3) is 0.235. The average Bonchev–Trinajstić information content (AvgIpc) is 2.49. The number of halogens is 1. The molecular weight excluding hydrogens is 304 g/mol. The van der Waals surface area contributed by atoms with Crippen molar-refractivity contribution in [3.05, 3.63) is 58.6 Å². The smallest absolute Gasteiger partial charge is 0.345 e. The summed E-state index contributed by atoms with van der Waals surface area (Å²) in [6, 6.07) is 12.3. The number of carboxylic acid groups (broad SMARTS) is 1. The summed E-state index contributed by atoms with van der Waals surface area (Å²) in [6.07, 6.45) is -0.720. The number of rotatable bonds is 6. The Bertz CT molecular complexity index is 669. The zero-order valence-corrected chi connectivity index (χ0v) is 13.1. The maximum atomic E-state index is 11.5. The first-order valence-electron chi connectivity index (χ1n) is 6.78. The summed E-state index contributed by atoms with van der Waals surface area (Å²) in [6.45, 7) is 1.89. The van der Waals surface area contributed by atoms with Gasteiger partial charge >= 0.3 is 5.97 Å². The van der Waals surface area contributed by atoms with Crippen LogP contribution in [0.1, 0.15) is 11.1 Å². The van der Waals surface area contributed by atoms with Crippen LogP contribution >= 0.6 is 11.6 Å². The molecule has 0 unspecified atom stereocenters. The van der Waals surface area contributed by atoms with Crippen molar-refractivity contribution in [2.24, 2.45) is 0 Å². The lowest BCUT2D eigenvalue weighted by Gasteiger charge is -2.17. The van der Waals surface area contributed by atoms with Crippen LogP contribution in [-0.2, 0) is 11.2 Å². The molecule has 0 aliphatic rings. The van der Waals surface area contributed by atoms with E-state index in [1.165, 1.54) is 0 Å². The van der Waals surface area contributed by atoms with E-state index in [-0.39, 0.29) is 6.42 Å². The van der Waals surface area contributed by atoms with Crippen molar-refractivity contribution in [2.45, 2.75) is 19.4 Å². The van der Waals surface area contributed by atoms with E-state index in [2.05, 4.69) is 0 Å². The Morgan fingerprint density at radius 3 is 2.59 bits per heavy atom. The highest BCUT2D eigenvalue weighted by molar-refractivity contribution is 6.30. The summed E-state index contributed by atoms with van der Waals surface area (Å²) >= 11 is 5.92. The number of aryl methyl sites for hydroxylation is 1. The van der Waals surface area contributed by atoms with Crippen molar-refractivity contribution in [3.8, 4) is 11.5 Å². The summed E-state index contributed by atoms with van der Waals surface area (Å²) < 4.78 is 10.7. The molecule has 116 valence electrons. The molecule has 1 atom stereocenters. The Morgan fingerprint density at radius 2 is 1.95 bits per heavy atom. The molecular formula is C17H17ClO4. The van der Waals surface area contributed by atoms with Crippen molar-refractivity contribution in [3.63, 3.8) is 0 Å². The monoisotopic (exact) mass is 320 g/mol. The van der Waals surface area contributed by atoms with E-state index >= 15 is 0 Å². The third kappa shape index (κ3) is 4.15. The number of aliphatic carboxylic acids is 1. The number of benzene rings is 2. The second-order valence-corrected chi connectivity index (χ2v) is 5.34. The lowest BCUT2D eigenvalue weighted by molar-refractivity contribution is -0.145. The topological polar surface area (TPSA) is 55.8 Å². The molecule has 0 amide bonds. The van der Waals surface area contributed by atoms with E-state index in [4.69, 9.17) is 21.1 Å². The summed E-state index contributed by atoms with van der Waals surface area (Å²) in [5.41, 5.74) is 1.83. The van der Waals surface area contributed by atoms with Crippen LogP contribution in [0.15, 0.2) is 42.5 Å². The fourth-order valence-electron chi connectivity index (χ4n) is 2.11. The Kier molecular flexibility index (Phi) is 5.28. The summed E-state index contributed by atoms with van der Waals surface area (Å²) in [7, 11) is 1.55. The predicted octanol–water partition coefficient (Wildman–Crippen LogP) is 3.73. The van der Waals surface area contributed by atoms with Crippen LogP contribution in [0.4, 0.5) is 0 Å². The van der Waals surface area contributed by atoms with Crippen LogP contribution < -0.4 is 9.47 Å². The molecule has 4 nitrogen and oxygen atoms in total. The molecule has 0 aromatic heterocycles. The van der Waals surface area contributed by atoms with Crippen LogP contribution in [0.2, 0.25) is 5.02 Å². The standard InChI is InChI=1S/C17H17ClO4/c1-11-8-13(18)7-6-12(11)9-16(17(19)20)22-15-5-3-4-14(10-15)21-2/h3-8,10,16H,9H2,1-2H3,(H,19,20)/t16-/m1/s1. The van der Waals surface area contributed by atoms with Crippen molar-refractivity contribution >= 4 is 17.6 Å². The number of methoxy groups -OCH3 is 1. The first kappa shape index (κ1) is 16.2. The quantitative estimate of drug-likeness (QED) is 0.881. The Labute approximate surface area is 134 Å². The van der Waals surface area contributed by atoms with Gasteiger partial charge in [-0.3, -0.25) is 0 Å². The van der Waals surface area contributed by atoms with Crippen molar-refractivity contribution in [1.29, 1.82) is 0 Å². The molecule has 0 radical (unpaired) electrons. The summed E-state index contributed by atoms with van der Waals surface area (Å²) in [4.78, 5) is 11.5. The van der Waals surface area contributed by atoms with Gasteiger partial charge in [0.15, 0.2) is 6.10 Å². The van der Waals surface area contributed by atoms with Gasteiger partial charge in [0.2, 0.25) is 0 Å². The van der Waals surface area contributed by atoms with Gasteiger partial charge in [0, 0.05) is 17.5 Å². The number of hydrogen-bond acceptors (Lipinski definition) is 3. The number of carboxylic acids is 1. The van der Waals surface area contributed by atoms with Gasteiger partial charge in [0.05, 0.1) is 7.11 Å². The molecule has 2 aromatic rings. The number of ether oxygens (including phenoxy) is 2. The molecule has 0 heterocycles. The Balaban J connectivity index is 2.17. The van der Waals surface area contributed by atoms with Gasteiger partial charge in [0.25, 0.3) is 0 Å². The lowest BCUT2D eigenvalue weighted by Crippen LogP contribution is -2.29. The molecule has 5 heteroatoms. The van der Waals surface area contributed by atoms with Gasteiger partial charge < -0.3 is 14.6 Å². The average molecular weight is 321 g/mol. The van der Waals surface area contributed by atoms with Gasteiger partial charge in [-0.15, -0.1) is 0 Å². The molecule has 0 saturated heterocycles. The zero-order valence-electron chi connectivity index (χ0n) is 12.4. The van der Waals surface area contributed by atoms with Gasteiger partial charge in [-0.05, 0) is 42.3 Å². The van der Waals surface area contributed by atoms with Gasteiger partial charge in [-0.2, -0.15) is 0 Å². The molecule has 0 aliphatic heterocycles. The maximum Gasteiger partial charge on any atom is 0.345 e. The third-order valence-corrected chi connectivity index (χ3v) is 3.54. The highest BCUT2D eigenvalue weighted by Crippen LogP contribution is 2.22. The van der Waals surface area contributed by atoms with E-state index < -0.39 is 12.1 Å². The van der Waals surface area contributed by atoms with Crippen LogP contribution in [0.3, 0.4) is 0 Å². The fourth-order valence-corrected chi connectivity index (χ4v) is 2.33. The maximum absolute atomic E-state index is 11.5. The van der Waals surface area contributed by atoms with Crippen molar-refractivity contribution < 1.29 is 19.4 Å². The van der Waals surface area contributed by atoms with E-state index in [1.807, 2.05) is 13.0 Å². The van der Waals surface area contributed by atoms with Crippen LogP contribution in [0.25, 0.3) is 0 Å². The van der Waals surface area contributed by atoms with Crippen LogP contribution in [0.5, 0.6) is 11.5 Å². The summed E-state index contributed by atoms with van der Waals surface area (Å²) in [5.74, 6) is 0.0554. The first-order chi connectivity index (χ1) is 10.5. The molecule has 0 fully saturated rings. The first-order valence-corrected chi connectivity index (χ1v) is 7.16. The molecule has 22 heavy (non-hydrogen) atoms. The van der Waals surface area contributed by atoms with E-state index in [0.29, 0.717) is 16.5 Å². The highest BCUT2D eigenvalue weighted by atomic mass is 35.5. The molecule has 0 bridgehead atoms.